The molecule has 0 aliphatic heterocycles. The topological polar surface area (TPSA) is 138 Å². The summed E-state index contributed by atoms with van der Waals surface area (Å²) in [5.74, 6) is 0.622. The van der Waals surface area contributed by atoms with E-state index in [0.29, 0.717) is 64.0 Å². The second-order valence-corrected chi connectivity index (χ2v) is 10.9. The lowest BCUT2D eigenvalue weighted by Crippen LogP contribution is -2.19. The maximum Gasteiger partial charge on any atom is 0.227 e. The molecule has 216 valence electrons. The fourth-order valence-electron chi connectivity index (χ4n) is 4.87. The van der Waals surface area contributed by atoms with Crippen molar-refractivity contribution < 1.29 is 13.9 Å². The van der Waals surface area contributed by atoms with Crippen LogP contribution in [0.25, 0.3) is 56.1 Å². The summed E-state index contributed by atoms with van der Waals surface area (Å²) in [6, 6.07) is 12.1. The quantitative estimate of drug-likeness (QED) is 0.217. The van der Waals surface area contributed by atoms with Crippen LogP contribution in [0.1, 0.15) is 12.8 Å². The summed E-state index contributed by atoms with van der Waals surface area (Å²) in [4.78, 5) is 35.9. The van der Waals surface area contributed by atoms with Crippen molar-refractivity contribution in [2.75, 3.05) is 32.6 Å². The lowest BCUT2D eigenvalue weighted by Gasteiger charge is -2.12. The van der Waals surface area contributed by atoms with Crippen LogP contribution in [0.3, 0.4) is 0 Å². The van der Waals surface area contributed by atoms with Crippen molar-refractivity contribution in [2.45, 2.75) is 12.8 Å². The number of anilines is 1. The number of carbonyl (C=O) groups is 1. The van der Waals surface area contributed by atoms with Gasteiger partial charge >= 0.3 is 0 Å². The van der Waals surface area contributed by atoms with Gasteiger partial charge in [0.2, 0.25) is 5.91 Å². The van der Waals surface area contributed by atoms with Gasteiger partial charge in [-0.25, -0.2) is 19.3 Å². The number of nitrogens with zero attached hydrogens (tertiary/aromatic N) is 6. The number of pyridine rings is 3. The van der Waals surface area contributed by atoms with Crippen molar-refractivity contribution >= 4 is 33.8 Å². The molecule has 0 saturated heterocycles. The highest BCUT2D eigenvalue weighted by molar-refractivity contribution is 5.96. The monoisotopic (exact) mass is 577 g/mol. The number of aromatic nitrogens is 7. The van der Waals surface area contributed by atoms with Crippen LogP contribution in [0.15, 0.2) is 61.1 Å². The minimum absolute atomic E-state index is 0.0173. The van der Waals surface area contributed by atoms with E-state index >= 15 is 0 Å². The molecule has 5 heterocycles. The zero-order valence-electron chi connectivity index (χ0n) is 23.6. The second kappa shape index (κ2) is 10.9. The third kappa shape index (κ3) is 5.52. The Kier molecular flexibility index (Phi) is 6.74. The van der Waals surface area contributed by atoms with Crippen molar-refractivity contribution in [3.05, 3.63) is 66.9 Å². The molecule has 1 saturated carbocycles. The fraction of sp³-hybridized carbons (Fsp3) is 0.226. The zero-order valence-corrected chi connectivity index (χ0v) is 23.6. The number of H-pyrrole nitrogens is 2. The molecule has 1 amide bonds. The number of carbonyl (C=O) groups excluding carboxylic acids is 1. The number of ether oxygens (including phenoxy) is 1. The molecule has 43 heavy (non-hydrogen) atoms. The molecule has 1 aliphatic rings. The first-order valence-electron chi connectivity index (χ1n) is 14.0. The first-order valence-corrected chi connectivity index (χ1v) is 14.0. The molecular formula is C31H28FN9O2. The van der Waals surface area contributed by atoms with E-state index in [1.807, 2.05) is 43.3 Å². The third-order valence-electron chi connectivity index (χ3n) is 7.26. The second-order valence-electron chi connectivity index (χ2n) is 10.9. The van der Waals surface area contributed by atoms with Gasteiger partial charge in [-0.1, -0.05) is 0 Å². The Labute approximate surface area is 245 Å². The molecule has 0 atom stereocenters. The van der Waals surface area contributed by atoms with E-state index in [-0.39, 0.29) is 11.8 Å². The number of fused-ring (bicyclic) bond motifs is 2. The van der Waals surface area contributed by atoms with E-state index < -0.39 is 5.82 Å². The molecule has 0 bridgehead atoms. The summed E-state index contributed by atoms with van der Waals surface area (Å²) in [5.41, 5.74) is 6.35. The minimum Gasteiger partial charge on any atom is -0.492 e. The lowest BCUT2D eigenvalue weighted by atomic mass is 10.1. The summed E-state index contributed by atoms with van der Waals surface area (Å²) >= 11 is 0. The van der Waals surface area contributed by atoms with Crippen LogP contribution >= 0.6 is 0 Å². The molecule has 12 heteroatoms. The SMILES string of the molecule is CN(C)CCOc1cc(F)cc(-c2ccnc3nc(-c4n[nH]c5ccc(-c6cncc(NC(=O)C7CC7)c6)nc45)[nH]c23)c1. The molecular weight excluding hydrogens is 549 g/mol. The summed E-state index contributed by atoms with van der Waals surface area (Å²) in [7, 11) is 3.91. The predicted molar refractivity (Wildman–Crippen MR) is 161 cm³/mol. The van der Waals surface area contributed by atoms with Crippen LogP contribution < -0.4 is 10.1 Å². The molecule has 0 spiro atoms. The molecule has 6 aromatic rings. The van der Waals surface area contributed by atoms with Gasteiger partial charge in [0.1, 0.15) is 23.7 Å². The van der Waals surface area contributed by atoms with Gasteiger partial charge in [-0.3, -0.25) is 14.9 Å². The Morgan fingerprint density at radius 1 is 1.09 bits per heavy atom. The maximum absolute atomic E-state index is 14.6. The van der Waals surface area contributed by atoms with Crippen LogP contribution in [0.2, 0.25) is 0 Å². The van der Waals surface area contributed by atoms with E-state index in [0.717, 1.165) is 29.5 Å². The average molecular weight is 578 g/mol. The minimum atomic E-state index is -0.400. The van der Waals surface area contributed by atoms with Crippen molar-refractivity contribution in [3.8, 4) is 39.7 Å². The average Bonchev–Trinajstić information content (AvgIpc) is 3.62. The smallest absolute Gasteiger partial charge is 0.227 e. The van der Waals surface area contributed by atoms with Gasteiger partial charge in [-0.05, 0) is 68.9 Å². The Bertz CT molecular complexity index is 1980. The van der Waals surface area contributed by atoms with Crippen LogP contribution in [-0.2, 0) is 4.79 Å². The first-order chi connectivity index (χ1) is 20.9. The summed E-state index contributed by atoms with van der Waals surface area (Å²) < 4.78 is 20.4. The highest BCUT2D eigenvalue weighted by Crippen LogP contribution is 2.34. The molecule has 11 nitrogen and oxygen atoms in total. The summed E-state index contributed by atoms with van der Waals surface area (Å²) in [6.07, 6.45) is 6.82. The number of aromatic amines is 2. The van der Waals surface area contributed by atoms with Gasteiger partial charge in [0.25, 0.3) is 0 Å². The molecule has 0 radical (unpaired) electrons. The Hall–Kier alpha value is -5.23. The molecule has 1 aliphatic carbocycles. The van der Waals surface area contributed by atoms with E-state index in [4.69, 9.17) is 14.7 Å². The highest BCUT2D eigenvalue weighted by Gasteiger charge is 2.29. The molecule has 0 unspecified atom stereocenters. The van der Waals surface area contributed by atoms with Gasteiger partial charge in [0.05, 0.1) is 28.6 Å². The first kappa shape index (κ1) is 26.7. The Balaban J connectivity index is 1.23. The van der Waals surface area contributed by atoms with Gasteiger partial charge in [0, 0.05) is 42.0 Å². The van der Waals surface area contributed by atoms with Gasteiger partial charge in [0.15, 0.2) is 17.2 Å². The van der Waals surface area contributed by atoms with Crippen molar-refractivity contribution in [1.29, 1.82) is 0 Å². The molecule has 3 N–H and O–H groups in total. The van der Waals surface area contributed by atoms with Crippen molar-refractivity contribution in [2.24, 2.45) is 5.92 Å². The number of hydrogen-bond donors (Lipinski definition) is 3. The Morgan fingerprint density at radius 2 is 1.98 bits per heavy atom. The van der Waals surface area contributed by atoms with Crippen LogP contribution in [0, 0.1) is 11.7 Å². The van der Waals surface area contributed by atoms with Crippen LogP contribution in [0.5, 0.6) is 5.75 Å². The molecule has 5 aromatic heterocycles. The Morgan fingerprint density at radius 3 is 2.81 bits per heavy atom. The van der Waals surface area contributed by atoms with E-state index in [1.165, 1.54) is 12.1 Å². The fourth-order valence-corrected chi connectivity index (χ4v) is 4.87. The van der Waals surface area contributed by atoms with E-state index in [9.17, 15) is 9.18 Å². The van der Waals surface area contributed by atoms with Crippen molar-refractivity contribution in [3.63, 3.8) is 0 Å². The van der Waals surface area contributed by atoms with Crippen LogP contribution in [-0.4, -0.2) is 73.2 Å². The summed E-state index contributed by atoms with van der Waals surface area (Å²) in [5, 5.41) is 10.4. The maximum atomic E-state index is 14.6. The van der Waals surface area contributed by atoms with Gasteiger partial charge in [-0.2, -0.15) is 5.10 Å². The van der Waals surface area contributed by atoms with Crippen molar-refractivity contribution in [1.82, 2.24) is 40.0 Å². The zero-order chi connectivity index (χ0) is 29.5. The number of halogens is 1. The number of amides is 1. The summed E-state index contributed by atoms with van der Waals surface area (Å²) in [6.45, 7) is 1.15. The molecule has 1 aromatic carbocycles. The third-order valence-corrected chi connectivity index (χ3v) is 7.26. The van der Waals surface area contributed by atoms with Gasteiger partial charge < -0.3 is 19.9 Å². The molecule has 7 rings (SSSR count). The van der Waals surface area contributed by atoms with Crippen LogP contribution in [0.4, 0.5) is 10.1 Å². The lowest BCUT2D eigenvalue weighted by molar-refractivity contribution is -0.117. The predicted octanol–water partition coefficient (Wildman–Crippen LogP) is 5.05. The number of rotatable bonds is 9. The number of imidazole rings is 1. The molecule has 1 fully saturated rings. The van der Waals surface area contributed by atoms with E-state index in [2.05, 4.69) is 30.5 Å². The number of benzene rings is 1. The number of nitrogens with one attached hydrogen (secondary N) is 3. The normalized spacial score (nSPS) is 13.2. The highest BCUT2D eigenvalue weighted by atomic mass is 19.1. The number of hydrogen-bond acceptors (Lipinski definition) is 8. The van der Waals surface area contributed by atoms with Gasteiger partial charge in [-0.15, -0.1) is 0 Å². The number of likely N-dealkylation sites (N-methyl/N-ethyl adjacent to an activating group) is 1. The largest absolute Gasteiger partial charge is 0.492 e. The standard InChI is InChI=1S/C31H28FN9O2/c1-41(2)9-10-43-22-13-18(11-20(32)14-22)23-7-8-34-29-26(23)37-30(38-29)28-27-25(39-40-28)6-5-24(36-27)19-12-21(16-33-15-19)35-31(42)17-3-4-17/h5-8,11-17H,3-4,9-10H2,1-2H3,(H,35,42)(H,39,40)(H,34,37,38). The van der Waals surface area contributed by atoms with E-state index in [1.54, 1.807) is 24.7 Å².